The maximum atomic E-state index is 3.87. The molecule has 0 saturated heterocycles. The zero-order valence-corrected chi connectivity index (χ0v) is 18.2. The number of allylic oxidation sites excluding steroid dienone is 2. The highest BCUT2D eigenvalue weighted by Gasteiger charge is 2.21. The van der Waals surface area contributed by atoms with Gasteiger partial charge < -0.3 is 0 Å². The van der Waals surface area contributed by atoms with Crippen LogP contribution in [0.25, 0.3) is 21.9 Å². The summed E-state index contributed by atoms with van der Waals surface area (Å²) < 4.78 is 0. The Kier molecular flexibility index (Phi) is 6.84. The molecule has 4 rings (SSSR count). The van der Waals surface area contributed by atoms with Gasteiger partial charge in [0.2, 0.25) is 0 Å². The van der Waals surface area contributed by atoms with Crippen molar-refractivity contribution in [3.05, 3.63) is 97.1 Å². The molecule has 0 heterocycles. The number of benzene rings is 3. The van der Waals surface area contributed by atoms with E-state index in [4.69, 9.17) is 0 Å². The third kappa shape index (κ3) is 4.93. The van der Waals surface area contributed by atoms with Gasteiger partial charge in [0.05, 0.1) is 0 Å². The van der Waals surface area contributed by atoms with Crippen LogP contribution in [0.1, 0.15) is 62.0 Å². The maximum absolute atomic E-state index is 3.87. The second-order valence-corrected chi connectivity index (χ2v) is 8.93. The van der Waals surface area contributed by atoms with Gasteiger partial charge in [-0.3, -0.25) is 0 Å². The molecule has 0 nitrogen and oxygen atoms in total. The third-order valence-corrected chi connectivity index (χ3v) is 6.88. The number of rotatable bonds is 8. The summed E-state index contributed by atoms with van der Waals surface area (Å²) in [7, 11) is 0. The quantitative estimate of drug-likeness (QED) is 0.335. The van der Waals surface area contributed by atoms with Crippen molar-refractivity contribution in [2.45, 2.75) is 57.3 Å². The molecule has 0 N–H and O–H groups in total. The lowest BCUT2D eigenvalue weighted by molar-refractivity contribution is 0.312. The molecule has 0 aliphatic heterocycles. The second kappa shape index (κ2) is 9.94. The SMILES string of the molecule is C=CCCc1ccc2cc(-c3ccc(C4CCC(CCC=C)CC4)cc3)ccc2c1. The molecule has 3 aromatic rings. The molecule has 0 aromatic heterocycles. The largest absolute Gasteiger partial charge is 0.103 e. The molecule has 0 heteroatoms. The van der Waals surface area contributed by atoms with Gasteiger partial charge in [0.15, 0.2) is 0 Å². The molecule has 30 heavy (non-hydrogen) atoms. The van der Waals surface area contributed by atoms with Crippen molar-refractivity contribution in [1.29, 1.82) is 0 Å². The summed E-state index contributed by atoms with van der Waals surface area (Å²) in [6, 6.07) is 23.1. The molecular formula is C30H34. The Morgan fingerprint density at radius 2 is 1.37 bits per heavy atom. The van der Waals surface area contributed by atoms with Crippen LogP contribution in [-0.4, -0.2) is 0 Å². The van der Waals surface area contributed by atoms with Gasteiger partial charge in [-0.25, -0.2) is 0 Å². The molecule has 0 spiro atoms. The third-order valence-electron chi connectivity index (χ3n) is 6.88. The molecule has 0 unspecified atom stereocenters. The number of aryl methyl sites for hydroxylation is 1. The molecule has 154 valence electrons. The lowest BCUT2D eigenvalue weighted by Crippen LogP contribution is -2.13. The van der Waals surface area contributed by atoms with Crippen LogP contribution in [-0.2, 0) is 6.42 Å². The molecular weight excluding hydrogens is 360 g/mol. The van der Waals surface area contributed by atoms with E-state index in [0.29, 0.717) is 0 Å². The maximum Gasteiger partial charge on any atom is -0.0162 e. The Bertz CT molecular complexity index is 984. The summed E-state index contributed by atoms with van der Waals surface area (Å²) in [5, 5.41) is 2.64. The Labute approximate surface area is 182 Å². The average Bonchev–Trinajstić information content (AvgIpc) is 2.81. The fraction of sp³-hybridized carbons (Fsp3) is 0.333. The summed E-state index contributed by atoms with van der Waals surface area (Å²) in [4.78, 5) is 0. The number of hydrogen-bond donors (Lipinski definition) is 0. The highest BCUT2D eigenvalue weighted by Crippen LogP contribution is 2.38. The highest BCUT2D eigenvalue weighted by atomic mass is 14.3. The lowest BCUT2D eigenvalue weighted by Gasteiger charge is -2.28. The van der Waals surface area contributed by atoms with Crippen LogP contribution in [0.2, 0.25) is 0 Å². The Morgan fingerprint density at radius 1 is 0.700 bits per heavy atom. The van der Waals surface area contributed by atoms with Crippen molar-refractivity contribution in [3.8, 4) is 11.1 Å². The predicted molar refractivity (Wildman–Crippen MR) is 132 cm³/mol. The van der Waals surface area contributed by atoms with Crippen LogP contribution >= 0.6 is 0 Å². The van der Waals surface area contributed by atoms with E-state index >= 15 is 0 Å². The van der Waals surface area contributed by atoms with Crippen LogP contribution in [0.5, 0.6) is 0 Å². The van der Waals surface area contributed by atoms with E-state index in [2.05, 4.69) is 79.9 Å². The second-order valence-electron chi connectivity index (χ2n) is 8.93. The van der Waals surface area contributed by atoms with Crippen molar-refractivity contribution in [1.82, 2.24) is 0 Å². The summed E-state index contributed by atoms with van der Waals surface area (Å²) >= 11 is 0. The normalized spacial score (nSPS) is 18.9. The van der Waals surface area contributed by atoms with Gasteiger partial charge in [0.1, 0.15) is 0 Å². The summed E-state index contributed by atoms with van der Waals surface area (Å²) in [6.45, 7) is 7.70. The average molecular weight is 395 g/mol. The first-order chi connectivity index (χ1) is 14.8. The van der Waals surface area contributed by atoms with Crippen molar-refractivity contribution in [2.24, 2.45) is 5.92 Å². The fourth-order valence-electron chi connectivity index (χ4n) is 4.98. The summed E-state index contributed by atoms with van der Waals surface area (Å²) in [6.07, 6.45) is 14.1. The Balaban J connectivity index is 1.44. The smallest absolute Gasteiger partial charge is 0.0162 e. The number of hydrogen-bond acceptors (Lipinski definition) is 0. The zero-order chi connectivity index (χ0) is 20.8. The zero-order valence-electron chi connectivity index (χ0n) is 18.2. The standard InChI is InChI=1S/C30H34/c1-3-5-7-23-9-12-25(13-10-23)26-15-17-27(18-16-26)29-20-19-28-21-24(8-6-4-2)11-14-30(28)22-29/h3-4,11,14-23,25H,1-2,5-10,12-13H2. The molecule has 0 amide bonds. The molecule has 1 aliphatic rings. The molecule has 0 atom stereocenters. The summed E-state index contributed by atoms with van der Waals surface area (Å²) in [5.74, 6) is 1.65. The van der Waals surface area contributed by atoms with Crippen molar-refractivity contribution < 1.29 is 0 Å². The van der Waals surface area contributed by atoms with Gasteiger partial charge in [0, 0.05) is 0 Å². The van der Waals surface area contributed by atoms with E-state index in [9.17, 15) is 0 Å². The van der Waals surface area contributed by atoms with E-state index < -0.39 is 0 Å². The van der Waals surface area contributed by atoms with Crippen LogP contribution < -0.4 is 0 Å². The molecule has 0 bridgehead atoms. The highest BCUT2D eigenvalue weighted by molar-refractivity contribution is 5.87. The van der Waals surface area contributed by atoms with Crippen LogP contribution in [0.4, 0.5) is 0 Å². The van der Waals surface area contributed by atoms with E-state index in [1.807, 2.05) is 6.08 Å². The van der Waals surface area contributed by atoms with Gasteiger partial charge >= 0.3 is 0 Å². The predicted octanol–water partition coefficient (Wildman–Crippen LogP) is 8.87. The first-order valence-corrected chi connectivity index (χ1v) is 11.6. The minimum atomic E-state index is 0.740. The van der Waals surface area contributed by atoms with Gasteiger partial charge in [-0.05, 0) is 102 Å². The van der Waals surface area contributed by atoms with E-state index in [1.54, 1.807) is 0 Å². The lowest BCUT2D eigenvalue weighted by atomic mass is 9.77. The van der Waals surface area contributed by atoms with E-state index in [-0.39, 0.29) is 0 Å². The first kappa shape index (κ1) is 20.7. The monoisotopic (exact) mass is 394 g/mol. The molecule has 1 saturated carbocycles. The number of fused-ring (bicyclic) bond motifs is 1. The molecule has 1 aliphatic carbocycles. The molecule has 0 radical (unpaired) electrons. The van der Waals surface area contributed by atoms with Crippen LogP contribution in [0.3, 0.4) is 0 Å². The van der Waals surface area contributed by atoms with Crippen molar-refractivity contribution in [2.75, 3.05) is 0 Å². The van der Waals surface area contributed by atoms with Gasteiger partial charge in [-0.15, -0.1) is 13.2 Å². The van der Waals surface area contributed by atoms with Crippen LogP contribution in [0, 0.1) is 5.92 Å². The first-order valence-electron chi connectivity index (χ1n) is 11.6. The van der Waals surface area contributed by atoms with Gasteiger partial charge in [-0.1, -0.05) is 66.7 Å². The van der Waals surface area contributed by atoms with Gasteiger partial charge in [-0.2, -0.15) is 0 Å². The van der Waals surface area contributed by atoms with E-state index in [0.717, 1.165) is 24.7 Å². The minimum Gasteiger partial charge on any atom is -0.103 e. The minimum absolute atomic E-state index is 0.740. The van der Waals surface area contributed by atoms with Crippen molar-refractivity contribution in [3.63, 3.8) is 0 Å². The Hall–Kier alpha value is -2.60. The van der Waals surface area contributed by atoms with Crippen molar-refractivity contribution >= 4 is 10.8 Å². The van der Waals surface area contributed by atoms with Crippen LogP contribution in [0.15, 0.2) is 86.0 Å². The fourth-order valence-corrected chi connectivity index (χ4v) is 4.98. The van der Waals surface area contributed by atoms with Gasteiger partial charge in [0.25, 0.3) is 0 Å². The Morgan fingerprint density at radius 3 is 2.10 bits per heavy atom. The van der Waals surface area contributed by atoms with E-state index in [1.165, 1.54) is 71.6 Å². The summed E-state index contributed by atoms with van der Waals surface area (Å²) in [5.41, 5.74) is 5.53. The molecule has 1 fully saturated rings. The molecule has 3 aromatic carbocycles. The topological polar surface area (TPSA) is 0 Å².